The van der Waals surface area contributed by atoms with Crippen LogP contribution in [0.3, 0.4) is 0 Å². The summed E-state index contributed by atoms with van der Waals surface area (Å²) in [4.78, 5) is 37.9. The van der Waals surface area contributed by atoms with Gasteiger partial charge in [-0.2, -0.15) is 0 Å². The van der Waals surface area contributed by atoms with Gasteiger partial charge in [0.25, 0.3) is 5.91 Å². The van der Waals surface area contributed by atoms with Crippen LogP contribution in [0.25, 0.3) is 0 Å². The molecule has 2 rings (SSSR count). The minimum absolute atomic E-state index is 0.0143. The van der Waals surface area contributed by atoms with Crippen molar-refractivity contribution in [3.05, 3.63) is 41.2 Å². The lowest BCUT2D eigenvalue weighted by Crippen LogP contribution is -2.44. The molecule has 0 aromatic heterocycles. The van der Waals surface area contributed by atoms with Gasteiger partial charge in [-0.15, -0.1) is 0 Å². The monoisotopic (exact) mass is 513 g/mol. The Kier molecular flexibility index (Phi) is 9.64. The van der Waals surface area contributed by atoms with Crippen LogP contribution in [0.4, 0.5) is 9.18 Å². The summed E-state index contributed by atoms with van der Waals surface area (Å²) < 4.78 is 46.2. The first-order valence-electron chi connectivity index (χ1n) is 11.0. The van der Waals surface area contributed by atoms with Gasteiger partial charge in [0.2, 0.25) is 5.91 Å². The summed E-state index contributed by atoms with van der Waals surface area (Å²) in [7, 11) is -3.19. The predicted octanol–water partition coefficient (Wildman–Crippen LogP) is 1.60. The highest BCUT2D eigenvalue weighted by molar-refractivity contribution is 7.90. The maximum atomic E-state index is 13.2. The van der Waals surface area contributed by atoms with E-state index in [4.69, 9.17) is 9.47 Å². The number of halogens is 1. The number of amides is 3. The number of rotatable bonds is 10. The third kappa shape index (κ3) is 9.93. The molecule has 0 bridgehead atoms. The Morgan fingerprint density at radius 3 is 2.57 bits per heavy atom. The molecule has 194 valence electrons. The fourth-order valence-electron chi connectivity index (χ4n) is 3.16. The van der Waals surface area contributed by atoms with Crippen molar-refractivity contribution in [2.75, 3.05) is 44.8 Å². The molecule has 0 spiro atoms. The summed E-state index contributed by atoms with van der Waals surface area (Å²) in [6.45, 7) is 5.09. The number of sulfone groups is 1. The number of carbonyl (C=O) groups is 3. The maximum absolute atomic E-state index is 13.2. The molecule has 1 heterocycles. The number of hydrogen-bond donors (Lipinski definition) is 2. The third-order valence-electron chi connectivity index (χ3n) is 4.81. The highest BCUT2D eigenvalue weighted by Gasteiger charge is 2.26. The Hall–Kier alpha value is -3.15. The largest absolute Gasteiger partial charge is 0.489 e. The first-order valence-corrected chi connectivity index (χ1v) is 13.1. The Morgan fingerprint density at radius 2 is 1.94 bits per heavy atom. The van der Waals surface area contributed by atoms with E-state index in [1.54, 1.807) is 39.0 Å². The summed E-state index contributed by atoms with van der Waals surface area (Å²) in [6.07, 6.45) is 1.26. The summed E-state index contributed by atoms with van der Waals surface area (Å²) in [5, 5.41) is 4.96. The number of ether oxygens (including phenoxy) is 2. The molecule has 0 saturated heterocycles. The van der Waals surface area contributed by atoms with E-state index < -0.39 is 27.4 Å². The topological polar surface area (TPSA) is 131 Å². The predicted molar refractivity (Wildman–Crippen MR) is 128 cm³/mol. The van der Waals surface area contributed by atoms with Crippen molar-refractivity contribution in [1.82, 2.24) is 15.5 Å². The average Bonchev–Trinajstić information content (AvgIpc) is 2.73. The van der Waals surface area contributed by atoms with E-state index in [1.807, 2.05) is 0 Å². The zero-order valence-electron chi connectivity index (χ0n) is 20.4. The van der Waals surface area contributed by atoms with Crippen LogP contribution in [0.5, 0.6) is 5.75 Å². The normalized spacial score (nSPS) is 14.3. The summed E-state index contributed by atoms with van der Waals surface area (Å²) >= 11 is 0. The molecule has 12 heteroatoms. The van der Waals surface area contributed by atoms with Crippen LogP contribution in [0.15, 0.2) is 30.1 Å². The molecule has 1 aromatic carbocycles. The lowest BCUT2D eigenvalue weighted by Gasteiger charge is -2.28. The number of hydrogen-bond acceptors (Lipinski definition) is 7. The molecule has 1 aliphatic heterocycles. The van der Waals surface area contributed by atoms with Crippen molar-refractivity contribution in [2.24, 2.45) is 0 Å². The van der Waals surface area contributed by atoms with Crippen molar-refractivity contribution in [2.45, 2.75) is 32.8 Å². The van der Waals surface area contributed by atoms with Crippen LogP contribution in [0, 0.1) is 0 Å². The SMILES string of the molecule is CC(C)(C)OC(=O)NC/C(=C\F)COc1ccc2c(c1)CCN(CC(=O)NCCS(C)(=O)=O)C2=O. The van der Waals surface area contributed by atoms with Gasteiger partial charge in [-0.1, -0.05) is 0 Å². The van der Waals surface area contributed by atoms with Gasteiger partial charge in [0.05, 0.1) is 18.6 Å². The molecule has 0 saturated carbocycles. The zero-order valence-corrected chi connectivity index (χ0v) is 21.2. The second-order valence-corrected chi connectivity index (χ2v) is 11.4. The molecule has 0 radical (unpaired) electrons. The number of carbonyl (C=O) groups excluding carboxylic acids is 3. The van der Waals surface area contributed by atoms with Crippen molar-refractivity contribution in [1.29, 1.82) is 0 Å². The van der Waals surface area contributed by atoms with Gasteiger partial charge in [-0.05, 0) is 51.0 Å². The van der Waals surface area contributed by atoms with Crippen LogP contribution >= 0.6 is 0 Å². The third-order valence-corrected chi connectivity index (χ3v) is 5.76. The van der Waals surface area contributed by atoms with Crippen LogP contribution in [0.1, 0.15) is 36.7 Å². The van der Waals surface area contributed by atoms with E-state index in [9.17, 15) is 27.2 Å². The fourth-order valence-corrected chi connectivity index (χ4v) is 3.63. The van der Waals surface area contributed by atoms with Crippen LogP contribution in [0.2, 0.25) is 0 Å². The van der Waals surface area contributed by atoms with Crippen LogP contribution in [-0.4, -0.2) is 81.6 Å². The Bertz CT molecular complexity index is 1080. The maximum Gasteiger partial charge on any atom is 0.407 e. The van der Waals surface area contributed by atoms with Crippen molar-refractivity contribution >= 4 is 27.7 Å². The lowest BCUT2D eigenvalue weighted by molar-refractivity contribution is -0.121. The van der Waals surface area contributed by atoms with E-state index in [2.05, 4.69) is 10.6 Å². The number of nitrogens with one attached hydrogen (secondary N) is 2. The molecule has 1 aromatic rings. The summed E-state index contributed by atoms with van der Waals surface area (Å²) in [5.74, 6) is -0.493. The molecule has 35 heavy (non-hydrogen) atoms. The van der Waals surface area contributed by atoms with Crippen LogP contribution < -0.4 is 15.4 Å². The number of nitrogens with zero attached hydrogens (tertiary/aromatic N) is 1. The summed E-state index contributed by atoms with van der Waals surface area (Å²) in [5.41, 5.74) is 0.690. The number of alkyl carbamates (subject to hydrolysis) is 1. The molecule has 1 aliphatic rings. The van der Waals surface area contributed by atoms with Gasteiger partial charge in [-0.3, -0.25) is 9.59 Å². The van der Waals surface area contributed by atoms with Gasteiger partial charge < -0.3 is 25.0 Å². The minimum atomic E-state index is -3.19. The van der Waals surface area contributed by atoms with E-state index >= 15 is 0 Å². The molecule has 10 nitrogen and oxygen atoms in total. The Balaban J connectivity index is 1.88. The van der Waals surface area contributed by atoms with Gasteiger partial charge in [0.1, 0.15) is 27.8 Å². The molecular formula is C23H32FN3O7S. The molecule has 2 N–H and O–H groups in total. The first kappa shape index (κ1) is 28.1. The number of fused-ring (bicyclic) bond motifs is 1. The van der Waals surface area contributed by atoms with Crippen molar-refractivity contribution < 1.29 is 36.7 Å². The minimum Gasteiger partial charge on any atom is -0.489 e. The first-order chi connectivity index (χ1) is 16.3. The Labute approximate surface area is 204 Å². The van der Waals surface area contributed by atoms with Crippen molar-refractivity contribution in [3.8, 4) is 5.75 Å². The molecule has 0 atom stereocenters. The van der Waals surface area contributed by atoms with E-state index in [1.165, 1.54) is 4.90 Å². The summed E-state index contributed by atoms with van der Waals surface area (Å²) in [6, 6.07) is 4.84. The second kappa shape index (κ2) is 12.0. The standard InChI is InChI=1S/C23H32FN3O7S/c1-23(2,3)34-22(30)26-13-16(12-24)15-33-18-5-6-19-17(11-18)7-9-27(21(19)29)14-20(28)25-8-10-35(4,31)32/h5-6,11-12H,7-10,13-15H2,1-4H3,(H,25,28)(H,26,30)/b16-12+. The molecule has 0 aliphatic carbocycles. The highest BCUT2D eigenvalue weighted by atomic mass is 32.2. The van der Waals surface area contributed by atoms with Gasteiger partial charge >= 0.3 is 6.09 Å². The lowest BCUT2D eigenvalue weighted by atomic mass is 9.98. The van der Waals surface area contributed by atoms with Gasteiger partial charge in [-0.25, -0.2) is 17.6 Å². The molecule has 0 fully saturated rings. The number of benzene rings is 1. The molecule has 0 unspecified atom stereocenters. The smallest absolute Gasteiger partial charge is 0.407 e. The average molecular weight is 514 g/mol. The highest BCUT2D eigenvalue weighted by Crippen LogP contribution is 2.24. The van der Waals surface area contributed by atoms with Crippen LogP contribution in [-0.2, 0) is 25.8 Å². The van der Waals surface area contributed by atoms with Gasteiger partial charge in [0.15, 0.2) is 0 Å². The fraction of sp³-hybridized carbons (Fsp3) is 0.522. The van der Waals surface area contributed by atoms with E-state index in [-0.39, 0.29) is 43.5 Å². The molecular weight excluding hydrogens is 481 g/mol. The van der Waals surface area contributed by atoms with Crippen molar-refractivity contribution in [3.63, 3.8) is 0 Å². The van der Waals surface area contributed by atoms with E-state index in [0.29, 0.717) is 30.6 Å². The zero-order chi connectivity index (χ0) is 26.2. The van der Waals surface area contributed by atoms with Gasteiger partial charge in [0, 0.05) is 37.0 Å². The second-order valence-electron chi connectivity index (χ2n) is 9.19. The molecule has 3 amide bonds. The van der Waals surface area contributed by atoms with E-state index in [0.717, 1.165) is 11.8 Å². The quantitative estimate of drug-likeness (QED) is 0.486. The Morgan fingerprint density at radius 1 is 1.23 bits per heavy atom.